The number of aliphatic imine (C=N–C) groups is 1. The lowest BCUT2D eigenvalue weighted by molar-refractivity contribution is 0.365. The molecule has 0 atom stereocenters. The van der Waals surface area contributed by atoms with Gasteiger partial charge in [0, 0.05) is 5.56 Å². The smallest absolute Gasteiger partial charge is 0.235 e. The maximum atomic E-state index is 10.4. The van der Waals surface area contributed by atoms with Gasteiger partial charge >= 0.3 is 0 Å². The highest BCUT2D eigenvalue weighted by molar-refractivity contribution is 5.56. The number of hydrogen-bond donors (Lipinski definition) is 1. The van der Waals surface area contributed by atoms with Crippen LogP contribution in [0.2, 0.25) is 0 Å². The minimum absolute atomic E-state index is 0.0824. The highest BCUT2D eigenvalue weighted by Crippen LogP contribution is 2.54. The van der Waals surface area contributed by atoms with Gasteiger partial charge in [0.2, 0.25) is 6.08 Å². The molecule has 1 fully saturated rings. The van der Waals surface area contributed by atoms with Gasteiger partial charge in [0.25, 0.3) is 0 Å². The molecule has 1 aromatic rings. The monoisotopic (exact) mass is 219 g/mol. The van der Waals surface area contributed by atoms with Crippen LogP contribution < -0.4 is 4.74 Å². The summed E-state index contributed by atoms with van der Waals surface area (Å²) in [4.78, 5) is 14.1. The summed E-state index contributed by atoms with van der Waals surface area (Å²) in [7, 11) is 1.51. The zero-order valence-electron chi connectivity index (χ0n) is 9.28. The molecule has 0 amide bonds. The second kappa shape index (κ2) is 3.65. The average Bonchev–Trinajstić information content (AvgIpc) is 3.00. The third-order valence-corrected chi connectivity index (χ3v) is 3.02. The highest BCUT2D eigenvalue weighted by Gasteiger charge is 2.47. The quantitative estimate of drug-likeness (QED) is 0.625. The molecule has 2 rings (SSSR count). The van der Waals surface area contributed by atoms with E-state index in [1.807, 2.05) is 13.0 Å². The molecule has 4 nitrogen and oxygen atoms in total. The van der Waals surface area contributed by atoms with E-state index in [1.165, 1.54) is 7.11 Å². The van der Waals surface area contributed by atoms with E-state index < -0.39 is 5.54 Å². The Kier molecular flexibility index (Phi) is 2.44. The van der Waals surface area contributed by atoms with Gasteiger partial charge in [-0.1, -0.05) is 12.1 Å². The summed E-state index contributed by atoms with van der Waals surface area (Å²) in [6.07, 6.45) is 3.10. The first-order valence-corrected chi connectivity index (χ1v) is 5.11. The molecule has 1 aromatic carbocycles. The zero-order chi connectivity index (χ0) is 11.8. The molecule has 0 saturated heterocycles. The Balaban J connectivity index is 2.55. The van der Waals surface area contributed by atoms with Crippen LogP contribution in [0.3, 0.4) is 0 Å². The van der Waals surface area contributed by atoms with E-state index in [-0.39, 0.29) is 5.75 Å². The van der Waals surface area contributed by atoms with Crippen LogP contribution in [-0.2, 0) is 10.3 Å². The Hall–Kier alpha value is -1.80. The molecule has 1 aliphatic carbocycles. The van der Waals surface area contributed by atoms with Gasteiger partial charge in [-0.2, -0.15) is 4.99 Å². The lowest BCUT2D eigenvalue weighted by Crippen LogP contribution is -2.04. The number of aromatic hydroxyl groups is 1. The summed E-state index contributed by atoms with van der Waals surface area (Å²) in [6, 6.07) is 3.65. The van der Waals surface area contributed by atoms with Gasteiger partial charge in [-0.15, -0.1) is 0 Å². The number of nitrogens with zero attached hydrogens (tertiary/aromatic N) is 1. The van der Waals surface area contributed by atoms with Gasteiger partial charge in [-0.25, -0.2) is 4.79 Å². The number of methoxy groups -OCH3 is 1. The van der Waals surface area contributed by atoms with Crippen molar-refractivity contribution in [2.24, 2.45) is 4.99 Å². The fraction of sp³-hybridized carbons (Fsp3) is 0.417. The summed E-state index contributed by atoms with van der Waals surface area (Å²) < 4.78 is 5.13. The van der Waals surface area contributed by atoms with Crippen molar-refractivity contribution >= 4 is 6.08 Å². The Morgan fingerprint density at radius 1 is 1.50 bits per heavy atom. The summed E-state index contributed by atoms with van der Waals surface area (Å²) in [5.74, 6) is 0.531. The lowest BCUT2D eigenvalue weighted by atomic mass is 10.0. The van der Waals surface area contributed by atoms with Gasteiger partial charge < -0.3 is 9.84 Å². The minimum atomic E-state index is -0.563. The van der Waals surface area contributed by atoms with Crippen LogP contribution in [0.5, 0.6) is 11.5 Å². The van der Waals surface area contributed by atoms with Crippen molar-refractivity contribution in [1.82, 2.24) is 0 Å². The van der Waals surface area contributed by atoms with E-state index in [1.54, 1.807) is 12.1 Å². The van der Waals surface area contributed by atoms with Crippen molar-refractivity contribution in [3.63, 3.8) is 0 Å². The molecular weight excluding hydrogens is 206 g/mol. The normalized spacial score (nSPS) is 16.4. The number of carbonyl (C=O) groups excluding carboxylic acids is 1. The Morgan fingerprint density at radius 2 is 2.19 bits per heavy atom. The van der Waals surface area contributed by atoms with Crippen LogP contribution in [0.4, 0.5) is 0 Å². The molecule has 0 radical (unpaired) electrons. The summed E-state index contributed by atoms with van der Waals surface area (Å²) >= 11 is 0. The van der Waals surface area contributed by atoms with Crippen molar-refractivity contribution in [2.45, 2.75) is 25.3 Å². The third kappa shape index (κ3) is 1.48. The first-order valence-electron chi connectivity index (χ1n) is 5.11. The largest absolute Gasteiger partial charge is 0.504 e. The van der Waals surface area contributed by atoms with Gasteiger partial charge in [-0.3, -0.25) is 0 Å². The molecular formula is C12H13NO3. The second-order valence-electron chi connectivity index (χ2n) is 4.05. The van der Waals surface area contributed by atoms with Crippen LogP contribution in [0.1, 0.15) is 24.0 Å². The van der Waals surface area contributed by atoms with E-state index in [9.17, 15) is 9.90 Å². The van der Waals surface area contributed by atoms with Crippen LogP contribution >= 0.6 is 0 Å². The van der Waals surface area contributed by atoms with Gasteiger partial charge in [0.05, 0.1) is 7.11 Å². The first kappa shape index (κ1) is 10.7. The predicted molar refractivity (Wildman–Crippen MR) is 58.4 cm³/mol. The van der Waals surface area contributed by atoms with Gasteiger partial charge in [0.15, 0.2) is 11.5 Å². The number of rotatable bonds is 3. The molecule has 1 saturated carbocycles. The minimum Gasteiger partial charge on any atom is -0.504 e. The van der Waals surface area contributed by atoms with Gasteiger partial charge in [-0.05, 0) is 25.3 Å². The van der Waals surface area contributed by atoms with Crippen LogP contribution in [0.15, 0.2) is 17.1 Å². The molecule has 1 N–H and O–H groups in total. The van der Waals surface area contributed by atoms with Crippen molar-refractivity contribution in [1.29, 1.82) is 0 Å². The summed E-state index contributed by atoms with van der Waals surface area (Å²) in [5.41, 5.74) is 0.945. The number of aryl methyl sites for hydroxylation is 1. The molecule has 0 aromatic heterocycles. The SMILES string of the molecule is COc1c(C)ccc(C2(N=C=O)CC2)c1O. The van der Waals surface area contributed by atoms with E-state index in [0.29, 0.717) is 11.3 Å². The number of hydrogen-bond acceptors (Lipinski definition) is 4. The molecule has 0 heterocycles. The fourth-order valence-electron chi connectivity index (χ4n) is 1.95. The van der Waals surface area contributed by atoms with E-state index in [4.69, 9.17) is 4.74 Å². The number of phenolic OH excluding ortho intramolecular Hbond substituents is 1. The van der Waals surface area contributed by atoms with Crippen LogP contribution in [-0.4, -0.2) is 18.3 Å². The molecule has 16 heavy (non-hydrogen) atoms. The molecule has 0 spiro atoms. The Morgan fingerprint density at radius 3 is 2.69 bits per heavy atom. The Bertz CT molecular complexity index is 471. The molecule has 0 aliphatic heterocycles. The number of benzene rings is 1. The number of isocyanates is 1. The molecule has 0 bridgehead atoms. The van der Waals surface area contributed by atoms with E-state index in [0.717, 1.165) is 18.4 Å². The first-order chi connectivity index (χ1) is 7.64. The van der Waals surface area contributed by atoms with Crippen LogP contribution in [0, 0.1) is 6.92 Å². The van der Waals surface area contributed by atoms with Crippen molar-refractivity contribution < 1.29 is 14.6 Å². The Labute approximate surface area is 93.6 Å². The maximum absolute atomic E-state index is 10.4. The fourth-order valence-corrected chi connectivity index (χ4v) is 1.95. The molecule has 84 valence electrons. The molecule has 1 aliphatic rings. The number of phenols is 1. The van der Waals surface area contributed by atoms with Crippen LogP contribution in [0.25, 0.3) is 0 Å². The van der Waals surface area contributed by atoms with E-state index >= 15 is 0 Å². The van der Waals surface area contributed by atoms with Gasteiger partial charge in [0.1, 0.15) is 5.54 Å². The van der Waals surface area contributed by atoms with Crippen molar-refractivity contribution in [3.8, 4) is 11.5 Å². The average molecular weight is 219 g/mol. The van der Waals surface area contributed by atoms with Crippen molar-refractivity contribution in [2.75, 3.05) is 7.11 Å². The number of ether oxygens (including phenoxy) is 1. The highest BCUT2D eigenvalue weighted by atomic mass is 16.5. The van der Waals surface area contributed by atoms with E-state index in [2.05, 4.69) is 4.99 Å². The maximum Gasteiger partial charge on any atom is 0.235 e. The summed E-state index contributed by atoms with van der Waals surface area (Å²) in [6.45, 7) is 1.85. The molecule has 0 unspecified atom stereocenters. The van der Waals surface area contributed by atoms with Crippen molar-refractivity contribution in [3.05, 3.63) is 23.3 Å². The predicted octanol–water partition coefficient (Wildman–Crippen LogP) is 2.03. The standard InChI is InChI=1S/C12H13NO3/c1-8-3-4-9(10(15)11(8)16-2)12(5-6-12)13-7-14/h3-4,15H,5-6H2,1-2H3. The molecule has 4 heteroatoms. The topological polar surface area (TPSA) is 58.9 Å². The third-order valence-electron chi connectivity index (χ3n) is 3.02. The second-order valence-corrected chi connectivity index (χ2v) is 4.05. The summed E-state index contributed by atoms with van der Waals surface area (Å²) in [5, 5.41) is 10.1. The zero-order valence-corrected chi connectivity index (χ0v) is 9.28. The lowest BCUT2D eigenvalue weighted by Gasteiger charge is -2.14.